The standard InChI is InChI=1S/C15H20O4/c1-3-8-15(14(17)18-4-2)9-7-11-5-6-12(16)10-13(11)19-15/h5-6,10,16H,3-4,7-9H2,1-2H3. The van der Waals surface area contributed by atoms with Crippen LogP contribution >= 0.6 is 0 Å². The molecule has 1 aromatic rings. The van der Waals surface area contributed by atoms with Gasteiger partial charge in [-0.25, -0.2) is 4.79 Å². The van der Waals surface area contributed by atoms with Crippen LogP contribution in [0.5, 0.6) is 11.5 Å². The smallest absolute Gasteiger partial charge is 0.350 e. The Bertz CT molecular complexity index is 469. The summed E-state index contributed by atoms with van der Waals surface area (Å²) in [6.07, 6.45) is 2.85. The first kappa shape index (κ1) is 13.7. The molecule has 1 unspecified atom stereocenters. The van der Waals surface area contributed by atoms with Crippen molar-refractivity contribution in [1.82, 2.24) is 0 Å². The predicted molar refractivity (Wildman–Crippen MR) is 71.3 cm³/mol. The molecule has 0 spiro atoms. The van der Waals surface area contributed by atoms with Gasteiger partial charge >= 0.3 is 5.97 Å². The maximum absolute atomic E-state index is 12.2. The van der Waals surface area contributed by atoms with Crippen LogP contribution in [0.1, 0.15) is 38.7 Å². The Morgan fingerprint density at radius 3 is 2.95 bits per heavy atom. The molecule has 4 heteroatoms. The molecule has 1 aromatic carbocycles. The molecule has 1 aliphatic heterocycles. The molecule has 0 amide bonds. The molecule has 104 valence electrons. The van der Waals surface area contributed by atoms with E-state index in [-0.39, 0.29) is 11.7 Å². The zero-order valence-corrected chi connectivity index (χ0v) is 11.4. The predicted octanol–water partition coefficient (Wildman–Crippen LogP) is 2.82. The van der Waals surface area contributed by atoms with Gasteiger partial charge in [0.2, 0.25) is 5.60 Å². The molecule has 0 saturated carbocycles. The Hall–Kier alpha value is -1.71. The van der Waals surface area contributed by atoms with Crippen LogP contribution in [-0.2, 0) is 16.0 Å². The number of benzene rings is 1. The molecule has 0 radical (unpaired) electrons. The summed E-state index contributed by atoms with van der Waals surface area (Å²) in [6, 6.07) is 5.04. The van der Waals surface area contributed by atoms with Gasteiger partial charge in [-0.3, -0.25) is 0 Å². The van der Waals surface area contributed by atoms with E-state index in [1.165, 1.54) is 0 Å². The summed E-state index contributed by atoms with van der Waals surface area (Å²) in [5, 5.41) is 9.53. The van der Waals surface area contributed by atoms with E-state index in [9.17, 15) is 9.90 Å². The molecule has 0 bridgehead atoms. The van der Waals surface area contributed by atoms with Crippen molar-refractivity contribution in [3.63, 3.8) is 0 Å². The van der Waals surface area contributed by atoms with E-state index in [0.29, 0.717) is 25.2 Å². The second-order valence-corrected chi connectivity index (χ2v) is 4.86. The van der Waals surface area contributed by atoms with Crippen molar-refractivity contribution in [2.24, 2.45) is 0 Å². The highest BCUT2D eigenvalue weighted by atomic mass is 16.6. The lowest BCUT2D eigenvalue weighted by Gasteiger charge is -2.36. The number of carbonyl (C=O) groups excluding carboxylic acids is 1. The van der Waals surface area contributed by atoms with Gasteiger partial charge in [0.1, 0.15) is 11.5 Å². The van der Waals surface area contributed by atoms with Crippen LogP contribution < -0.4 is 4.74 Å². The van der Waals surface area contributed by atoms with Crippen molar-refractivity contribution < 1.29 is 19.4 Å². The topological polar surface area (TPSA) is 55.8 Å². The number of aromatic hydroxyl groups is 1. The monoisotopic (exact) mass is 264 g/mol. The van der Waals surface area contributed by atoms with E-state index < -0.39 is 5.60 Å². The van der Waals surface area contributed by atoms with Crippen molar-refractivity contribution in [3.05, 3.63) is 23.8 Å². The van der Waals surface area contributed by atoms with Crippen LogP contribution in [0.15, 0.2) is 18.2 Å². The fourth-order valence-corrected chi connectivity index (χ4v) is 2.53. The third-order valence-corrected chi connectivity index (χ3v) is 3.46. The third-order valence-electron chi connectivity index (χ3n) is 3.46. The van der Waals surface area contributed by atoms with Crippen molar-refractivity contribution in [2.45, 2.75) is 45.1 Å². The highest BCUT2D eigenvalue weighted by Gasteiger charge is 2.44. The van der Waals surface area contributed by atoms with Crippen molar-refractivity contribution in [2.75, 3.05) is 6.61 Å². The maximum atomic E-state index is 12.2. The molecule has 1 atom stereocenters. The summed E-state index contributed by atoms with van der Waals surface area (Å²) in [4.78, 5) is 12.2. The summed E-state index contributed by atoms with van der Waals surface area (Å²) in [5.41, 5.74) is 0.125. The van der Waals surface area contributed by atoms with Crippen LogP contribution in [0.25, 0.3) is 0 Å². The van der Waals surface area contributed by atoms with E-state index in [0.717, 1.165) is 18.4 Å². The molecule has 19 heavy (non-hydrogen) atoms. The Balaban J connectivity index is 2.30. The Morgan fingerprint density at radius 2 is 2.26 bits per heavy atom. The lowest BCUT2D eigenvalue weighted by molar-refractivity contribution is -0.164. The molecular formula is C15H20O4. The summed E-state index contributed by atoms with van der Waals surface area (Å²) >= 11 is 0. The van der Waals surface area contributed by atoms with Gasteiger partial charge in [0, 0.05) is 12.5 Å². The van der Waals surface area contributed by atoms with E-state index in [1.54, 1.807) is 19.1 Å². The minimum Gasteiger partial charge on any atom is -0.508 e. The number of rotatable bonds is 4. The fraction of sp³-hybridized carbons (Fsp3) is 0.533. The second kappa shape index (κ2) is 5.51. The minimum atomic E-state index is -0.897. The third kappa shape index (κ3) is 2.67. The highest BCUT2D eigenvalue weighted by molar-refractivity contribution is 5.80. The average molecular weight is 264 g/mol. The van der Waals surface area contributed by atoms with Crippen LogP contribution in [0, 0.1) is 0 Å². The fourth-order valence-electron chi connectivity index (χ4n) is 2.53. The van der Waals surface area contributed by atoms with Crippen molar-refractivity contribution in [1.29, 1.82) is 0 Å². The molecule has 1 aliphatic rings. The number of phenols is 1. The van der Waals surface area contributed by atoms with Crippen LogP contribution in [0.4, 0.5) is 0 Å². The van der Waals surface area contributed by atoms with E-state index >= 15 is 0 Å². The SMILES string of the molecule is CCCC1(C(=O)OCC)CCc2ccc(O)cc2O1. The highest BCUT2D eigenvalue weighted by Crippen LogP contribution is 2.38. The summed E-state index contributed by atoms with van der Waals surface area (Å²) in [6.45, 7) is 4.16. The minimum absolute atomic E-state index is 0.148. The molecule has 0 aromatic heterocycles. The molecule has 4 nitrogen and oxygen atoms in total. The van der Waals surface area contributed by atoms with Gasteiger partial charge < -0.3 is 14.6 Å². The lowest BCUT2D eigenvalue weighted by atomic mass is 9.87. The quantitative estimate of drug-likeness (QED) is 0.850. The number of hydrogen-bond acceptors (Lipinski definition) is 4. The van der Waals surface area contributed by atoms with Gasteiger partial charge in [-0.1, -0.05) is 19.4 Å². The van der Waals surface area contributed by atoms with Crippen molar-refractivity contribution in [3.8, 4) is 11.5 Å². The lowest BCUT2D eigenvalue weighted by Crippen LogP contribution is -2.48. The molecule has 0 fully saturated rings. The first-order valence-corrected chi connectivity index (χ1v) is 6.79. The average Bonchev–Trinajstić information content (AvgIpc) is 2.38. The summed E-state index contributed by atoms with van der Waals surface area (Å²) < 4.78 is 11.1. The van der Waals surface area contributed by atoms with Gasteiger partial charge in [-0.15, -0.1) is 0 Å². The van der Waals surface area contributed by atoms with Gasteiger partial charge in [0.15, 0.2) is 0 Å². The van der Waals surface area contributed by atoms with Gasteiger partial charge in [-0.2, -0.15) is 0 Å². The zero-order chi connectivity index (χ0) is 13.9. The first-order valence-electron chi connectivity index (χ1n) is 6.79. The molecule has 1 N–H and O–H groups in total. The number of hydrogen-bond donors (Lipinski definition) is 1. The molecule has 2 rings (SSSR count). The number of aryl methyl sites for hydroxylation is 1. The van der Waals surface area contributed by atoms with Gasteiger partial charge in [-0.05, 0) is 31.4 Å². The Morgan fingerprint density at radius 1 is 1.47 bits per heavy atom. The Kier molecular flexibility index (Phi) is 3.98. The zero-order valence-electron chi connectivity index (χ0n) is 11.4. The first-order chi connectivity index (χ1) is 9.11. The van der Waals surface area contributed by atoms with E-state index in [1.807, 2.05) is 13.0 Å². The molecule has 0 aliphatic carbocycles. The number of phenolic OH excluding ortho intramolecular Hbond substituents is 1. The van der Waals surface area contributed by atoms with Crippen molar-refractivity contribution >= 4 is 5.97 Å². The summed E-state index contributed by atoms with van der Waals surface area (Å²) in [7, 11) is 0. The number of fused-ring (bicyclic) bond motifs is 1. The van der Waals surface area contributed by atoms with Crippen LogP contribution in [0.3, 0.4) is 0 Å². The number of ether oxygens (including phenoxy) is 2. The van der Waals surface area contributed by atoms with Crippen LogP contribution in [-0.4, -0.2) is 23.3 Å². The number of esters is 1. The summed E-state index contributed by atoms with van der Waals surface area (Å²) in [5.74, 6) is 0.438. The molecular weight excluding hydrogens is 244 g/mol. The maximum Gasteiger partial charge on any atom is 0.350 e. The number of carbonyl (C=O) groups is 1. The largest absolute Gasteiger partial charge is 0.508 e. The van der Waals surface area contributed by atoms with Gasteiger partial charge in [0.25, 0.3) is 0 Å². The van der Waals surface area contributed by atoms with E-state index in [2.05, 4.69) is 0 Å². The molecule has 0 saturated heterocycles. The normalized spacial score (nSPS) is 21.4. The van der Waals surface area contributed by atoms with E-state index in [4.69, 9.17) is 9.47 Å². The molecule has 1 heterocycles. The van der Waals surface area contributed by atoms with Crippen LogP contribution in [0.2, 0.25) is 0 Å². The van der Waals surface area contributed by atoms with Gasteiger partial charge in [0.05, 0.1) is 6.61 Å². The second-order valence-electron chi connectivity index (χ2n) is 4.86. The Labute approximate surface area is 113 Å².